The van der Waals surface area contributed by atoms with Gasteiger partial charge in [-0.25, -0.2) is 0 Å². The van der Waals surface area contributed by atoms with Crippen molar-refractivity contribution in [3.05, 3.63) is 46.2 Å². The molecule has 0 radical (unpaired) electrons. The fourth-order valence-corrected chi connectivity index (χ4v) is 3.05. The van der Waals surface area contributed by atoms with Gasteiger partial charge in [0.15, 0.2) is 0 Å². The van der Waals surface area contributed by atoms with Crippen LogP contribution in [-0.2, 0) is 14.3 Å². The van der Waals surface area contributed by atoms with Gasteiger partial charge >= 0.3 is 11.8 Å². The highest BCUT2D eigenvalue weighted by Crippen LogP contribution is 2.25. The summed E-state index contributed by atoms with van der Waals surface area (Å²) in [5.41, 5.74) is 1.36. The van der Waals surface area contributed by atoms with Crippen LogP contribution in [0, 0.1) is 6.92 Å². The van der Waals surface area contributed by atoms with E-state index in [4.69, 9.17) is 14.6 Å². The summed E-state index contributed by atoms with van der Waals surface area (Å²) in [4.78, 5) is 25.2. The third-order valence-electron chi connectivity index (χ3n) is 3.53. The molecule has 0 saturated carbocycles. The first-order valence-corrected chi connectivity index (χ1v) is 8.92. The Labute approximate surface area is 155 Å². The molecule has 0 saturated heterocycles. The molecule has 0 aliphatic heterocycles. The summed E-state index contributed by atoms with van der Waals surface area (Å²) < 4.78 is 10.7. The summed E-state index contributed by atoms with van der Waals surface area (Å²) in [6, 6.07) is 9.03. The van der Waals surface area contributed by atoms with Crippen LogP contribution in [0.5, 0.6) is 5.75 Å². The first kappa shape index (κ1) is 19.9. The fraction of sp³-hybridized carbons (Fsp3) is 0.333. The second-order valence-electron chi connectivity index (χ2n) is 5.47. The van der Waals surface area contributed by atoms with E-state index in [1.54, 1.807) is 12.1 Å². The third kappa shape index (κ3) is 5.55. The van der Waals surface area contributed by atoms with Gasteiger partial charge in [0.25, 0.3) is 0 Å². The first-order chi connectivity index (χ1) is 12.5. The monoisotopic (exact) mass is 378 g/mol. The van der Waals surface area contributed by atoms with Crippen LogP contribution in [0.25, 0.3) is 0 Å². The molecule has 1 heterocycles. The lowest BCUT2D eigenvalue weighted by Crippen LogP contribution is -2.38. The maximum atomic E-state index is 12.1. The van der Waals surface area contributed by atoms with E-state index in [1.165, 1.54) is 18.4 Å². The molecule has 0 spiro atoms. The fourth-order valence-electron chi connectivity index (χ4n) is 2.28. The normalized spacial score (nSPS) is 11.7. The molecular weight excluding hydrogens is 356 g/mol. The van der Waals surface area contributed by atoms with Crippen molar-refractivity contribution in [2.75, 3.05) is 32.2 Å². The van der Waals surface area contributed by atoms with Crippen LogP contribution in [0.3, 0.4) is 0 Å². The molecule has 26 heavy (non-hydrogen) atoms. The van der Waals surface area contributed by atoms with Crippen LogP contribution < -0.4 is 15.4 Å². The SMILES string of the molecule is COc1ccc(C)cc1NC(=O)C(=O)NC[C@@H](OCCO)c1cccs1. The smallest absolute Gasteiger partial charge is 0.313 e. The molecule has 2 rings (SSSR count). The predicted molar refractivity (Wildman–Crippen MR) is 99.5 cm³/mol. The maximum absolute atomic E-state index is 12.1. The van der Waals surface area contributed by atoms with Gasteiger partial charge in [-0.2, -0.15) is 0 Å². The number of ether oxygens (including phenoxy) is 2. The van der Waals surface area contributed by atoms with Gasteiger partial charge < -0.3 is 25.2 Å². The molecule has 0 fully saturated rings. The topological polar surface area (TPSA) is 96.9 Å². The minimum absolute atomic E-state index is 0.122. The quantitative estimate of drug-likeness (QED) is 0.610. The van der Waals surface area contributed by atoms with E-state index < -0.39 is 17.9 Å². The lowest BCUT2D eigenvalue weighted by atomic mass is 10.2. The van der Waals surface area contributed by atoms with E-state index in [2.05, 4.69) is 10.6 Å². The van der Waals surface area contributed by atoms with Crippen molar-refractivity contribution in [2.45, 2.75) is 13.0 Å². The molecule has 8 heteroatoms. The van der Waals surface area contributed by atoms with Crippen LogP contribution in [0.2, 0.25) is 0 Å². The number of aryl methyl sites for hydroxylation is 1. The Kier molecular flexibility index (Phi) is 7.58. The molecule has 140 valence electrons. The highest BCUT2D eigenvalue weighted by molar-refractivity contribution is 7.10. The average Bonchev–Trinajstić information content (AvgIpc) is 3.16. The number of aliphatic hydroxyl groups is 1. The largest absolute Gasteiger partial charge is 0.495 e. The number of thiophene rings is 1. The number of anilines is 1. The second-order valence-corrected chi connectivity index (χ2v) is 6.45. The number of amides is 2. The lowest BCUT2D eigenvalue weighted by Gasteiger charge is -2.17. The molecule has 1 aromatic carbocycles. The van der Waals surface area contributed by atoms with E-state index in [9.17, 15) is 9.59 Å². The van der Waals surface area contributed by atoms with Crippen molar-refractivity contribution in [2.24, 2.45) is 0 Å². The zero-order valence-corrected chi connectivity index (χ0v) is 15.5. The van der Waals surface area contributed by atoms with E-state index in [0.29, 0.717) is 11.4 Å². The molecular formula is C18H22N2O5S. The summed E-state index contributed by atoms with van der Waals surface area (Å²) in [5.74, 6) is -1.09. The number of methoxy groups -OCH3 is 1. The number of rotatable bonds is 8. The molecule has 1 aromatic heterocycles. The Morgan fingerprint density at radius 2 is 2.08 bits per heavy atom. The van der Waals surface area contributed by atoms with Crippen molar-refractivity contribution in [3.8, 4) is 5.75 Å². The van der Waals surface area contributed by atoms with Crippen molar-refractivity contribution in [1.82, 2.24) is 5.32 Å². The molecule has 0 aliphatic rings. The van der Waals surface area contributed by atoms with Gasteiger partial charge in [-0.3, -0.25) is 9.59 Å². The Hall–Kier alpha value is -2.42. The van der Waals surface area contributed by atoms with E-state index in [-0.39, 0.29) is 19.8 Å². The molecule has 2 amide bonds. The minimum Gasteiger partial charge on any atom is -0.495 e. The number of carbonyl (C=O) groups excluding carboxylic acids is 2. The van der Waals surface area contributed by atoms with Crippen LogP contribution in [-0.4, -0.2) is 43.8 Å². The standard InChI is InChI=1S/C18H22N2O5S/c1-12-5-6-14(24-2)13(10-12)20-18(23)17(22)19-11-15(25-8-7-21)16-4-3-9-26-16/h3-6,9-10,15,21H,7-8,11H2,1-2H3,(H,19,22)(H,20,23)/t15-/m1/s1. The summed E-state index contributed by atoms with van der Waals surface area (Å²) >= 11 is 1.48. The number of hydrogen-bond donors (Lipinski definition) is 3. The van der Waals surface area contributed by atoms with Gasteiger partial charge in [0.05, 0.1) is 26.0 Å². The number of hydrogen-bond acceptors (Lipinski definition) is 6. The molecule has 3 N–H and O–H groups in total. The van der Waals surface area contributed by atoms with Crippen molar-refractivity contribution < 1.29 is 24.2 Å². The van der Waals surface area contributed by atoms with Crippen LogP contribution in [0.15, 0.2) is 35.7 Å². The third-order valence-corrected chi connectivity index (χ3v) is 4.49. The maximum Gasteiger partial charge on any atom is 0.313 e. The number of carbonyl (C=O) groups is 2. The van der Waals surface area contributed by atoms with Crippen LogP contribution in [0.1, 0.15) is 16.5 Å². The molecule has 0 unspecified atom stereocenters. The zero-order valence-electron chi connectivity index (χ0n) is 14.7. The number of benzene rings is 1. The van der Waals surface area contributed by atoms with Crippen LogP contribution in [0.4, 0.5) is 5.69 Å². The summed E-state index contributed by atoms with van der Waals surface area (Å²) in [6.07, 6.45) is -0.424. The average molecular weight is 378 g/mol. The van der Waals surface area contributed by atoms with Crippen molar-refractivity contribution in [1.29, 1.82) is 0 Å². The van der Waals surface area contributed by atoms with Gasteiger partial charge in [0.2, 0.25) is 0 Å². The van der Waals surface area contributed by atoms with Gasteiger partial charge in [-0.05, 0) is 36.1 Å². The number of aliphatic hydroxyl groups excluding tert-OH is 1. The number of nitrogens with one attached hydrogen (secondary N) is 2. The molecule has 0 aliphatic carbocycles. The van der Waals surface area contributed by atoms with Gasteiger partial charge in [0, 0.05) is 11.4 Å². The molecule has 1 atom stereocenters. The minimum atomic E-state index is -0.791. The highest BCUT2D eigenvalue weighted by Gasteiger charge is 2.19. The summed E-state index contributed by atoms with van der Waals surface area (Å²) in [7, 11) is 1.49. The highest BCUT2D eigenvalue weighted by atomic mass is 32.1. The summed E-state index contributed by atoms with van der Waals surface area (Å²) in [5, 5.41) is 15.9. The van der Waals surface area contributed by atoms with E-state index in [0.717, 1.165) is 10.4 Å². The van der Waals surface area contributed by atoms with Crippen LogP contribution >= 0.6 is 11.3 Å². The predicted octanol–water partition coefficient (Wildman–Crippen LogP) is 1.87. The van der Waals surface area contributed by atoms with E-state index >= 15 is 0 Å². The lowest BCUT2D eigenvalue weighted by molar-refractivity contribution is -0.136. The molecule has 2 aromatic rings. The summed E-state index contributed by atoms with van der Waals surface area (Å²) in [6.45, 7) is 2.02. The second kappa shape index (κ2) is 9.91. The Balaban J connectivity index is 1.95. The van der Waals surface area contributed by atoms with Gasteiger partial charge in [-0.15, -0.1) is 11.3 Å². The van der Waals surface area contributed by atoms with Gasteiger partial charge in [-0.1, -0.05) is 12.1 Å². The zero-order chi connectivity index (χ0) is 18.9. The van der Waals surface area contributed by atoms with Crippen molar-refractivity contribution >= 4 is 28.8 Å². The van der Waals surface area contributed by atoms with Gasteiger partial charge in [0.1, 0.15) is 11.9 Å². The Bertz CT molecular complexity index is 733. The Morgan fingerprint density at radius 3 is 2.73 bits per heavy atom. The molecule has 7 nitrogen and oxygen atoms in total. The van der Waals surface area contributed by atoms with Crippen molar-refractivity contribution in [3.63, 3.8) is 0 Å². The molecule has 0 bridgehead atoms. The van der Waals surface area contributed by atoms with E-state index in [1.807, 2.05) is 30.5 Å². The Morgan fingerprint density at radius 1 is 1.27 bits per heavy atom. The first-order valence-electron chi connectivity index (χ1n) is 8.04.